The largest absolute Gasteiger partial charge is 0.493 e. The zero-order chi connectivity index (χ0) is 21.1. The van der Waals surface area contributed by atoms with E-state index in [1.54, 1.807) is 0 Å². The number of anilines is 4. The lowest BCUT2D eigenvalue weighted by Crippen LogP contribution is -2.05. The molecular weight excluding hydrogens is 384 g/mol. The fraction of sp³-hybridized carbons (Fsp3) is 0.111. The van der Waals surface area contributed by atoms with Crippen molar-refractivity contribution >= 4 is 22.7 Å². The normalized spacial score (nSPS) is 10.3. The average Bonchev–Trinajstić information content (AvgIpc) is 2.82. The van der Waals surface area contributed by atoms with E-state index in [-0.39, 0.29) is 0 Å². The van der Waals surface area contributed by atoms with Crippen molar-refractivity contribution in [1.29, 1.82) is 0 Å². The summed E-state index contributed by atoms with van der Waals surface area (Å²) in [6.07, 6.45) is 0.814. The van der Waals surface area contributed by atoms with Crippen LogP contribution in [0.25, 0.3) is 0 Å². The van der Waals surface area contributed by atoms with Crippen LogP contribution in [-0.2, 0) is 0 Å². The van der Waals surface area contributed by atoms with Gasteiger partial charge in [0.15, 0.2) is 0 Å². The molecule has 0 heterocycles. The van der Waals surface area contributed by atoms with Gasteiger partial charge in [0.1, 0.15) is 11.5 Å². The Balaban J connectivity index is 1.15. The first-order valence-corrected chi connectivity index (χ1v) is 10.4. The number of hydrogen-bond acceptors (Lipinski definition) is 4. The Kier molecular flexibility index (Phi) is 7.05. The summed E-state index contributed by atoms with van der Waals surface area (Å²) < 4.78 is 11.6. The van der Waals surface area contributed by atoms with E-state index < -0.39 is 0 Å². The van der Waals surface area contributed by atoms with Crippen LogP contribution >= 0.6 is 0 Å². The minimum absolute atomic E-state index is 0.610. The van der Waals surface area contributed by atoms with Gasteiger partial charge in [-0.3, -0.25) is 0 Å². The lowest BCUT2D eigenvalue weighted by molar-refractivity contribution is 0.247. The molecule has 31 heavy (non-hydrogen) atoms. The predicted molar refractivity (Wildman–Crippen MR) is 128 cm³/mol. The van der Waals surface area contributed by atoms with Gasteiger partial charge < -0.3 is 20.1 Å². The maximum atomic E-state index is 5.82. The van der Waals surface area contributed by atoms with Crippen molar-refractivity contribution in [3.05, 3.63) is 109 Å². The van der Waals surface area contributed by atoms with E-state index in [9.17, 15) is 0 Å². The molecule has 4 rings (SSSR count). The second-order valence-electron chi connectivity index (χ2n) is 7.08. The first-order valence-electron chi connectivity index (χ1n) is 10.4. The number of hydrogen-bond donors (Lipinski definition) is 2. The Morgan fingerprint density at radius 2 is 0.774 bits per heavy atom. The SMILES string of the molecule is c1ccc(Nc2ccc(OCCCOc3ccc(Nc4ccccc4)cc3)cc2)cc1. The highest BCUT2D eigenvalue weighted by Crippen LogP contribution is 2.21. The molecule has 4 aromatic carbocycles. The van der Waals surface area contributed by atoms with Crippen LogP contribution in [0.4, 0.5) is 22.7 Å². The molecule has 0 fully saturated rings. The summed E-state index contributed by atoms with van der Waals surface area (Å²) in [6.45, 7) is 1.22. The van der Waals surface area contributed by atoms with E-state index in [0.717, 1.165) is 40.7 Å². The Hall–Kier alpha value is -3.92. The van der Waals surface area contributed by atoms with Crippen molar-refractivity contribution in [1.82, 2.24) is 0 Å². The van der Waals surface area contributed by atoms with Gasteiger partial charge in [-0.05, 0) is 72.8 Å². The molecule has 0 aliphatic carbocycles. The van der Waals surface area contributed by atoms with Gasteiger partial charge in [-0.2, -0.15) is 0 Å². The van der Waals surface area contributed by atoms with Crippen molar-refractivity contribution in [2.75, 3.05) is 23.8 Å². The highest BCUT2D eigenvalue weighted by atomic mass is 16.5. The smallest absolute Gasteiger partial charge is 0.119 e. The molecule has 0 aromatic heterocycles. The molecule has 0 unspecified atom stereocenters. The quantitative estimate of drug-likeness (QED) is 0.276. The van der Waals surface area contributed by atoms with Crippen LogP contribution < -0.4 is 20.1 Å². The maximum Gasteiger partial charge on any atom is 0.119 e. The highest BCUT2D eigenvalue weighted by Gasteiger charge is 1.99. The van der Waals surface area contributed by atoms with Crippen molar-refractivity contribution < 1.29 is 9.47 Å². The van der Waals surface area contributed by atoms with E-state index in [4.69, 9.17) is 9.47 Å². The van der Waals surface area contributed by atoms with Gasteiger partial charge in [0.2, 0.25) is 0 Å². The second-order valence-corrected chi connectivity index (χ2v) is 7.08. The molecule has 156 valence electrons. The lowest BCUT2D eigenvalue weighted by Gasteiger charge is -2.10. The van der Waals surface area contributed by atoms with Gasteiger partial charge in [0.05, 0.1) is 13.2 Å². The van der Waals surface area contributed by atoms with E-state index in [1.165, 1.54) is 0 Å². The molecule has 0 saturated carbocycles. The van der Waals surface area contributed by atoms with Gasteiger partial charge >= 0.3 is 0 Å². The van der Waals surface area contributed by atoms with Crippen LogP contribution in [0.2, 0.25) is 0 Å². The number of para-hydroxylation sites is 2. The third-order valence-electron chi connectivity index (χ3n) is 4.66. The van der Waals surface area contributed by atoms with Crippen molar-refractivity contribution in [3.63, 3.8) is 0 Å². The van der Waals surface area contributed by atoms with Crippen LogP contribution in [-0.4, -0.2) is 13.2 Å². The van der Waals surface area contributed by atoms with Crippen LogP contribution in [0.3, 0.4) is 0 Å². The summed E-state index contributed by atoms with van der Waals surface area (Å²) >= 11 is 0. The van der Waals surface area contributed by atoms with Gasteiger partial charge in [0, 0.05) is 29.2 Å². The molecule has 0 amide bonds. The van der Waals surface area contributed by atoms with E-state index in [2.05, 4.69) is 10.6 Å². The summed E-state index contributed by atoms with van der Waals surface area (Å²) in [4.78, 5) is 0. The Bertz CT molecular complexity index is 947. The predicted octanol–water partition coefficient (Wildman–Crippen LogP) is 7.02. The van der Waals surface area contributed by atoms with Gasteiger partial charge in [0.25, 0.3) is 0 Å². The van der Waals surface area contributed by atoms with Crippen molar-refractivity contribution in [2.24, 2.45) is 0 Å². The lowest BCUT2D eigenvalue weighted by atomic mass is 10.2. The highest BCUT2D eigenvalue weighted by molar-refractivity contribution is 5.60. The Morgan fingerprint density at radius 3 is 1.16 bits per heavy atom. The van der Waals surface area contributed by atoms with E-state index in [0.29, 0.717) is 13.2 Å². The topological polar surface area (TPSA) is 42.5 Å². The summed E-state index contributed by atoms with van der Waals surface area (Å²) in [6, 6.07) is 36.2. The standard InChI is InChI=1S/C27H26N2O2/c1-3-8-22(9-4-1)28-24-12-16-26(17-13-24)30-20-7-21-31-27-18-14-25(15-19-27)29-23-10-5-2-6-11-23/h1-6,8-19,28-29H,7,20-21H2. The number of benzene rings is 4. The molecule has 4 nitrogen and oxygen atoms in total. The minimum atomic E-state index is 0.610. The average molecular weight is 411 g/mol. The molecular formula is C27H26N2O2. The van der Waals surface area contributed by atoms with Gasteiger partial charge in [-0.15, -0.1) is 0 Å². The molecule has 0 spiro atoms. The van der Waals surface area contributed by atoms with Crippen LogP contribution in [0.1, 0.15) is 6.42 Å². The molecule has 0 saturated heterocycles. The molecule has 0 atom stereocenters. The van der Waals surface area contributed by atoms with Crippen molar-refractivity contribution in [3.8, 4) is 11.5 Å². The van der Waals surface area contributed by atoms with Crippen molar-refractivity contribution in [2.45, 2.75) is 6.42 Å². The van der Waals surface area contributed by atoms with E-state index in [1.807, 2.05) is 109 Å². The minimum Gasteiger partial charge on any atom is -0.493 e. The summed E-state index contributed by atoms with van der Waals surface area (Å²) in [7, 11) is 0. The molecule has 0 aliphatic rings. The summed E-state index contributed by atoms with van der Waals surface area (Å²) in [5.41, 5.74) is 4.20. The number of ether oxygens (including phenoxy) is 2. The summed E-state index contributed by atoms with van der Waals surface area (Å²) in [5.74, 6) is 1.71. The van der Waals surface area contributed by atoms with Gasteiger partial charge in [-0.25, -0.2) is 0 Å². The number of nitrogens with one attached hydrogen (secondary N) is 2. The van der Waals surface area contributed by atoms with Gasteiger partial charge in [-0.1, -0.05) is 36.4 Å². The molecule has 4 heteroatoms. The molecule has 0 radical (unpaired) electrons. The molecule has 4 aromatic rings. The molecule has 0 aliphatic heterocycles. The van der Waals surface area contributed by atoms with E-state index >= 15 is 0 Å². The maximum absolute atomic E-state index is 5.82. The molecule has 0 bridgehead atoms. The Morgan fingerprint density at radius 1 is 0.419 bits per heavy atom. The summed E-state index contributed by atoms with van der Waals surface area (Å²) in [5, 5.41) is 6.73. The fourth-order valence-electron chi connectivity index (χ4n) is 3.08. The third-order valence-corrected chi connectivity index (χ3v) is 4.66. The number of rotatable bonds is 10. The monoisotopic (exact) mass is 410 g/mol. The Labute approximate surface area is 183 Å². The molecule has 2 N–H and O–H groups in total. The zero-order valence-corrected chi connectivity index (χ0v) is 17.3. The first-order chi connectivity index (χ1) is 15.3. The first kappa shape index (κ1) is 20.4. The van der Waals surface area contributed by atoms with Crippen LogP contribution in [0.5, 0.6) is 11.5 Å². The van der Waals surface area contributed by atoms with Crippen LogP contribution in [0.15, 0.2) is 109 Å². The zero-order valence-electron chi connectivity index (χ0n) is 17.3. The third kappa shape index (κ3) is 6.54. The van der Waals surface area contributed by atoms with Crippen LogP contribution in [0, 0.1) is 0 Å². The fourth-order valence-corrected chi connectivity index (χ4v) is 3.08. The second kappa shape index (κ2) is 10.7.